The Morgan fingerprint density at radius 2 is 1.82 bits per heavy atom. The van der Waals surface area contributed by atoms with Gasteiger partial charge in [0.2, 0.25) is 17.7 Å². The Kier molecular flexibility index (Phi) is 11.1. The Hall–Kier alpha value is -4.68. The minimum Gasteiger partial charge on any atom is -0.490 e. The molecule has 1 saturated heterocycles. The number of nitrogens with zero attached hydrogens (tertiary/aromatic N) is 4. The third-order valence-corrected chi connectivity index (χ3v) is 7.61. The van der Waals surface area contributed by atoms with E-state index in [9.17, 15) is 24.0 Å². The lowest BCUT2D eigenvalue weighted by molar-refractivity contribution is -0.141. The largest absolute Gasteiger partial charge is 0.490 e. The smallest absolute Gasteiger partial charge is 0.408 e. The van der Waals surface area contributed by atoms with Gasteiger partial charge in [0.1, 0.15) is 25.0 Å². The second kappa shape index (κ2) is 15.2. The molecular weight excluding hydrogens is 568 g/mol. The SMILES string of the molecule is CCCCC(=O)N[C@H]1C[C@H]2COc3cncc(c3)C(=O)N(C)C[C@H](NC(=O)OCc3ccccc3)C(=O)N(C)CC(=O)N2C1. The van der Waals surface area contributed by atoms with E-state index in [4.69, 9.17) is 9.47 Å². The molecule has 13 nitrogen and oxygen atoms in total. The van der Waals surface area contributed by atoms with Crippen LogP contribution in [0.5, 0.6) is 5.75 Å². The highest BCUT2D eigenvalue weighted by Crippen LogP contribution is 2.22. The van der Waals surface area contributed by atoms with Gasteiger partial charge in [-0.2, -0.15) is 0 Å². The fourth-order valence-corrected chi connectivity index (χ4v) is 5.24. The molecule has 5 amide bonds. The first-order valence-corrected chi connectivity index (χ1v) is 14.8. The van der Waals surface area contributed by atoms with Gasteiger partial charge in [0, 0.05) is 39.3 Å². The Labute approximate surface area is 256 Å². The molecule has 1 aromatic carbocycles. The number of hydrogen-bond donors (Lipinski definition) is 2. The van der Waals surface area contributed by atoms with Gasteiger partial charge in [-0.1, -0.05) is 43.7 Å². The van der Waals surface area contributed by atoms with Gasteiger partial charge in [-0.05, 0) is 24.5 Å². The number of hydrogen-bond acceptors (Lipinski definition) is 8. The van der Waals surface area contributed by atoms with E-state index in [-0.39, 0.29) is 56.3 Å². The molecule has 1 aromatic heterocycles. The summed E-state index contributed by atoms with van der Waals surface area (Å²) in [5, 5.41) is 5.58. The average Bonchev–Trinajstić information content (AvgIpc) is 3.43. The maximum Gasteiger partial charge on any atom is 0.408 e. The molecule has 3 heterocycles. The van der Waals surface area contributed by atoms with Crippen molar-refractivity contribution in [2.24, 2.45) is 0 Å². The standard InChI is InChI=1S/C31H40N6O7/c1-4-5-11-27(38)33-23-13-24-20-43-25-12-22(14-32-15-25)29(40)35(2)17-26(30(41)36(3)18-28(39)37(24)16-23)34-31(42)44-19-21-9-7-6-8-10-21/h6-10,12,14-15,23-24,26H,4-5,11,13,16-20H2,1-3H3,(H,33,38)(H,34,42)/t23-,24-,26-/m0/s1. The molecule has 2 N–H and O–H groups in total. The topological polar surface area (TPSA) is 150 Å². The van der Waals surface area contributed by atoms with Crippen molar-refractivity contribution >= 4 is 29.7 Å². The molecule has 44 heavy (non-hydrogen) atoms. The summed E-state index contributed by atoms with van der Waals surface area (Å²) in [6.45, 7) is 1.89. The molecule has 2 aromatic rings. The summed E-state index contributed by atoms with van der Waals surface area (Å²) in [4.78, 5) is 73.9. The van der Waals surface area contributed by atoms with Gasteiger partial charge in [0.15, 0.2) is 0 Å². The highest BCUT2D eigenvalue weighted by atomic mass is 16.5. The highest BCUT2D eigenvalue weighted by Gasteiger charge is 2.38. The third-order valence-electron chi connectivity index (χ3n) is 7.61. The predicted octanol–water partition coefficient (Wildman–Crippen LogP) is 1.58. The predicted molar refractivity (Wildman–Crippen MR) is 159 cm³/mol. The summed E-state index contributed by atoms with van der Waals surface area (Å²) in [6.07, 6.45) is 4.56. The number of likely N-dealkylation sites (N-methyl/N-ethyl adjacent to an activating group) is 2. The zero-order chi connectivity index (χ0) is 31.6. The number of carbonyl (C=O) groups excluding carboxylic acids is 5. The number of nitrogens with one attached hydrogen (secondary N) is 2. The number of unbranched alkanes of at least 4 members (excludes halogenated alkanes) is 1. The van der Waals surface area contributed by atoms with Crippen LogP contribution in [0.3, 0.4) is 0 Å². The number of ether oxygens (including phenoxy) is 2. The number of alkyl carbamates (subject to hydrolysis) is 1. The minimum atomic E-state index is -1.21. The molecule has 2 bridgehead atoms. The van der Waals surface area contributed by atoms with Crippen LogP contribution in [0, 0.1) is 0 Å². The van der Waals surface area contributed by atoms with E-state index < -0.39 is 30.0 Å². The maximum absolute atomic E-state index is 13.6. The van der Waals surface area contributed by atoms with Gasteiger partial charge < -0.3 is 34.8 Å². The average molecular weight is 609 g/mol. The van der Waals surface area contributed by atoms with Crippen LogP contribution in [0.4, 0.5) is 4.79 Å². The molecule has 2 aliphatic heterocycles. The first-order valence-electron chi connectivity index (χ1n) is 14.8. The van der Waals surface area contributed by atoms with E-state index in [2.05, 4.69) is 15.6 Å². The Balaban J connectivity index is 1.54. The third kappa shape index (κ3) is 8.68. The van der Waals surface area contributed by atoms with Gasteiger partial charge in [0.05, 0.1) is 30.9 Å². The van der Waals surface area contributed by atoms with Crippen molar-refractivity contribution in [3.05, 3.63) is 59.9 Å². The maximum atomic E-state index is 13.6. The number of fused-ring (bicyclic) bond motifs is 3. The van der Waals surface area contributed by atoms with Gasteiger partial charge in [-0.3, -0.25) is 24.2 Å². The first kappa shape index (κ1) is 32.2. The molecule has 2 aliphatic rings. The van der Waals surface area contributed by atoms with E-state index in [0.717, 1.165) is 18.4 Å². The van der Waals surface area contributed by atoms with Crippen molar-refractivity contribution in [3.63, 3.8) is 0 Å². The molecule has 0 aliphatic carbocycles. The number of rotatable bonds is 7. The second-order valence-electron chi connectivity index (χ2n) is 11.2. The van der Waals surface area contributed by atoms with Gasteiger partial charge in [-0.15, -0.1) is 0 Å². The molecule has 0 radical (unpaired) electrons. The van der Waals surface area contributed by atoms with Crippen molar-refractivity contribution in [2.45, 2.75) is 57.3 Å². The monoisotopic (exact) mass is 608 g/mol. The van der Waals surface area contributed by atoms with Gasteiger partial charge in [0.25, 0.3) is 5.91 Å². The summed E-state index contributed by atoms with van der Waals surface area (Å²) >= 11 is 0. The molecule has 1 fully saturated rings. The van der Waals surface area contributed by atoms with E-state index in [1.165, 1.54) is 36.3 Å². The zero-order valence-corrected chi connectivity index (χ0v) is 25.4. The first-order chi connectivity index (χ1) is 21.1. The molecule has 0 saturated carbocycles. The Morgan fingerprint density at radius 3 is 2.57 bits per heavy atom. The Bertz CT molecular complexity index is 1340. The molecule has 13 heteroatoms. The lowest BCUT2D eigenvalue weighted by Crippen LogP contribution is -2.55. The molecule has 4 rings (SSSR count). The number of carbonyl (C=O) groups is 5. The van der Waals surface area contributed by atoms with Crippen LogP contribution in [0.1, 0.15) is 48.5 Å². The molecule has 0 spiro atoms. The van der Waals surface area contributed by atoms with E-state index in [1.807, 2.05) is 25.1 Å². The summed E-state index contributed by atoms with van der Waals surface area (Å²) in [5.41, 5.74) is 0.993. The van der Waals surface area contributed by atoms with Crippen molar-refractivity contribution in [1.29, 1.82) is 0 Å². The molecule has 236 valence electrons. The van der Waals surface area contributed by atoms with Crippen molar-refractivity contribution < 1.29 is 33.4 Å². The number of pyridine rings is 1. The number of aromatic nitrogens is 1. The van der Waals surface area contributed by atoms with Crippen LogP contribution in [-0.4, -0.2) is 108 Å². The summed E-state index contributed by atoms with van der Waals surface area (Å²) in [7, 11) is 2.96. The quantitative estimate of drug-likeness (QED) is 0.481. The fraction of sp³-hybridized carbons (Fsp3) is 0.484. The fourth-order valence-electron chi connectivity index (χ4n) is 5.24. The number of amides is 5. The lowest BCUT2D eigenvalue weighted by Gasteiger charge is -2.30. The van der Waals surface area contributed by atoms with Crippen molar-refractivity contribution in [2.75, 3.05) is 40.3 Å². The van der Waals surface area contributed by atoms with Crippen LogP contribution < -0.4 is 15.4 Å². The molecule has 3 atom stereocenters. The minimum absolute atomic E-state index is 0.0123. The van der Waals surface area contributed by atoms with Crippen LogP contribution in [0.15, 0.2) is 48.8 Å². The van der Waals surface area contributed by atoms with Gasteiger partial charge in [-0.25, -0.2) is 4.79 Å². The molecular formula is C31H40N6O7. The zero-order valence-electron chi connectivity index (χ0n) is 25.4. The van der Waals surface area contributed by atoms with Gasteiger partial charge >= 0.3 is 6.09 Å². The summed E-state index contributed by atoms with van der Waals surface area (Å²) in [5.74, 6) is -1.09. The van der Waals surface area contributed by atoms with Crippen molar-refractivity contribution in [3.8, 4) is 5.75 Å². The van der Waals surface area contributed by atoms with E-state index in [0.29, 0.717) is 18.6 Å². The summed E-state index contributed by atoms with van der Waals surface area (Å²) in [6, 6.07) is 8.74. The van der Waals surface area contributed by atoms with Crippen LogP contribution in [0.2, 0.25) is 0 Å². The normalized spacial score (nSPS) is 21.1. The Morgan fingerprint density at radius 1 is 1.05 bits per heavy atom. The van der Waals surface area contributed by atoms with Crippen LogP contribution >= 0.6 is 0 Å². The van der Waals surface area contributed by atoms with E-state index in [1.54, 1.807) is 23.1 Å². The van der Waals surface area contributed by atoms with Crippen LogP contribution in [0.25, 0.3) is 0 Å². The highest BCUT2D eigenvalue weighted by molar-refractivity contribution is 5.95. The summed E-state index contributed by atoms with van der Waals surface area (Å²) < 4.78 is 11.3. The van der Waals surface area contributed by atoms with E-state index >= 15 is 0 Å². The number of benzene rings is 1. The lowest BCUT2D eigenvalue weighted by atomic mass is 10.1. The molecule has 0 unspecified atom stereocenters. The van der Waals surface area contributed by atoms with Crippen LogP contribution in [-0.2, 0) is 25.7 Å². The van der Waals surface area contributed by atoms with Crippen molar-refractivity contribution in [1.82, 2.24) is 30.3 Å². The second-order valence-corrected chi connectivity index (χ2v) is 11.2.